The molecule has 0 spiro atoms. The molecule has 8 heteroatoms. The Hall–Kier alpha value is -1.93. The summed E-state index contributed by atoms with van der Waals surface area (Å²) in [5.74, 6) is -0.133. The van der Waals surface area contributed by atoms with Crippen LogP contribution < -0.4 is 10.6 Å². The van der Waals surface area contributed by atoms with Gasteiger partial charge in [0, 0.05) is 44.7 Å². The molecule has 1 saturated heterocycles. The summed E-state index contributed by atoms with van der Waals surface area (Å²) in [5, 5.41) is 0. The van der Waals surface area contributed by atoms with Crippen LogP contribution in [-0.2, 0) is 14.8 Å². The normalized spacial score (nSPS) is 20.1. The Morgan fingerprint density at radius 3 is 2.22 bits per heavy atom. The van der Waals surface area contributed by atoms with Crippen molar-refractivity contribution in [3.05, 3.63) is 60.2 Å². The summed E-state index contributed by atoms with van der Waals surface area (Å²) in [6.07, 6.45) is 0. The summed E-state index contributed by atoms with van der Waals surface area (Å²) >= 11 is 0. The van der Waals surface area contributed by atoms with E-state index >= 15 is 0 Å². The molecular formula is C19H24ClN3O3S. The van der Waals surface area contributed by atoms with Crippen molar-refractivity contribution < 1.29 is 13.2 Å². The Kier molecular flexibility index (Phi) is 6.64. The smallest absolute Gasteiger partial charge is 0.243 e. The molecule has 2 aromatic carbocycles. The second-order valence-electron chi connectivity index (χ2n) is 6.57. The first-order valence-corrected chi connectivity index (χ1v) is 9.89. The summed E-state index contributed by atoms with van der Waals surface area (Å²) in [6.45, 7) is 2.11. The maximum atomic E-state index is 13.0. The number of carbonyl (C=O) groups excluding carboxylic acids is 1. The van der Waals surface area contributed by atoms with E-state index in [1.54, 1.807) is 19.2 Å². The molecule has 2 aromatic rings. The molecule has 1 aliphatic rings. The number of nitrogens with zero attached hydrogens (tertiary/aromatic N) is 2. The minimum absolute atomic E-state index is 0. The van der Waals surface area contributed by atoms with E-state index in [-0.39, 0.29) is 41.7 Å². The van der Waals surface area contributed by atoms with Crippen molar-refractivity contribution in [2.45, 2.75) is 23.8 Å². The number of halogens is 1. The number of carbonyl (C=O) groups is 1. The monoisotopic (exact) mass is 409 g/mol. The van der Waals surface area contributed by atoms with Crippen LogP contribution in [0, 0.1) is 0 Å². The molecule has 0 radical (unpaired) electrons. The van der Waals surface area contributed by atoms with Gasteiger partial charge in [0.25, 0.3) is 0 Å². The average Bonchev–Trinajstić information content (AvgIpc) is 3.04. The molecule has 2 atom stereocenters. The Morgan fingerprint density at radius 2 is 1.67 bits per heavy atom. The SMILES string of the molecule is CC(=O)N(C)c1ccc(S(=O)(=O)N2C[C@@H](N)[C@H](c3ccccc3)C2)cc1.Cl. The van der Waals surface area contributed by atoms with Gasteiger partial charge in [-0.2, -0.15) is 4.31 Å². The molecule has 1 aliphatic heterocycles. The fourth-order valence-electron chi connectivity index (χ4n) is 3.21. The van der Waals surface area contributed by atoms with Gasteiger partial charge in [-0.15, -0.1) is 12.4 Å². The number of amides is 1. The zero-order valence-electron chi connectivity index (χ0n) is 15.3. The number of anilines is 1. The molecule has 27 heavy (non-hydrogen) atoms. The molecule has 0 aromatic heterocycles. The van der Waals surface area contributed by atoms with Crippen molar-refractivity contribution in [1.29, 1.82) is 0 Å². The quantitative estimate of drug-likeness (QED) is 0.839. The van der Waals surface area contributed by atoms with Gasteiger partial charge in [-0.1, -0.05) is 30.3 Å². The van der Waals surface area contributed by atoms with E-state index in [9.17, 15) is 13.2 Å². The summed E-state index contributed by atoms with van der Waals surface area (Å²) in [5.41, 5.74) is 7.92. The van der Waals surface area contributed by atoms with E-state index in [1.165, 1.54) is 28.3 Å². The molecule has 1 heterocycles. The lowest BCUT2D eigenvalue weighted by Gasteiger charge is -2.18. The molecule has 0 bridgehead atoms. The van der Waals surface area contributed by atoms with Crippen LogP contribution in [0.15, 0.2) is 59.5 Å². The van der Waals surface area contributed by atoms with Gasteiger partial charge in [-0.05, 0) is 29.8 Å². The molecule has 3 rings (SSSR count). The van der Waals surface area contributed by atoms with E-state index in [1.807, 2.05) is 30.3 Å². The van der Waals surface area contributed by atoms with Crippen LogP contribution in [-0.4, -0.2) is 44.8 Å². The number of rotatable bonds is 4. The number of nitrogens with two attached hydrogens (primary N) is 1. The highest BCUT2D eigenvalue weighted by molar-refractivity contribution is 7.89. The van der Waals surface area contributed by atoms with Gasteiger partial charge in [0.05, 0.1) is 4.90 Å². The van der Waals surface area contributed by atoms with Crippen molar-refractivity contribution in [3.63, 3.8) is 0 Å². The maximum Gasteiger partial charge on any atom is 0.243 e. The molecule has 1 amide bonds. The van der Waals surface area contributed by atoms with Gasteiger partial charge in [-0.3, -0.25) is 4.79 Å². The van der Waals surface area contributed by atoms with Crippen LogP contribution in [0.2, 0.25) is 0 Å². The maximum absolute atomic E-state index is 13.0. The fraction of sp³-hybridized carbons (Fsp3) is 0.316. The Morgan fingerprint density at radius 1 is 1.07 bits per heavy atom. The molecule has 0 aliphatic carbocycles. The highest BCUT2D eigenvalue weighted by atomic mass is 35.5. The summed E-state index contributed by atoms with van der Waals surface area (Å²) in [4.78, 5) is 13.1. The number of hydrogen-bond acceptors (Lipinski definition) is 4. The van der Waals surface area contributed by atoms with Gasteiger partial charge < -0.3 is 10.6 Å². The van der Waals surface area contributed by atoms with Crippen LogP contribution in [0.25, 0.3) is 0 Å². The molecule has 2 N–H and O–H groups in total. The van der Waals surface area contributed by atoms with E-state index in [0.717, 1.165) is 5.56 Å². The standard InChI is InChI=1S/C19H23N3O3S.ClH/c1-14(23)21(2)16-8-10-17(11-9-16)26(24,25)22-12-18(19(20)13-22)15-6-4-3-5-7-15;/h3-11,18-19H,12-13,20H2,1-2H3;1H/t18-,19+;/m0./s1. The van der Waals surface area contributed by atoms with E-state index < -0.39 is 10.0 Å². The molecule has 146 valence electrons. The van der Waals surface area contributed by atoms with E-state index in [2.05, 4.69) is 0 Å². The highest BCUT2D eigenvalue weighted by Crippen LogP contribution is 2.31. The third-order valence-corrected chi connectivity index (χ3v) is 6.74. The van der Waals surface area contributed by atoms with Crippen LogP contribution in [0.4, 0.5) is 5.69 Å². The second-order valence-corrected chi connectivity index (χ2v) is 8.51. The van der Waals surface area contributed by atoms with Crippen molar-refractivity contribution in [2.75, 3.05) is 25.0 Å². The Balaban J connectivity index is 0.00000261. The number of hydrogen-bond donors (Lipinski definition) is 1. The van der Waals surface area contributed by atoms with Crippen LogP contribution in [0.1, 0.15) is 18.4 Å². The highest BCUT2D eigenvalue weighted by Gasteiger charge is 2.38. The minimum Gasteiger partial charge on any atom is -0.326 e. The zero-order chi connectivity index (χ0) is 18.9. The topological polar surface area (TPSA) is 83.7 Å². The summed E-state index contributed by atoms with van der Waals surface area (Å²) in [7, 11) is -1.98. The zero-order valence-corrected chi connectivity index (χ0v) is 16.9. The largest absolute Gasteiger partial charge is 0.326 e. The summed E-state index contributed by atoms with van der Waals surface area (Å²) in [6, 6.07) is 15.9. The first kappa shape index (κ1) is 21.4. The molecule has 0 saturated carbocycles. The Labute approximate surface area is 166 Å². The first-order valence-electron chi connectivity index (χ1n) is 8.45. The predicted molar refractivity (Wildman–Crippen MR) is 109 cm³/mol. The first-order chi connectivity index (χ1) is 12.3. The van der Waals surface area contributed by atoms with Gasteiger partial charge in [-0.25, -0.2) is 8.42 Å². The summed E-state index contributed by atoms with van der Waals surface area (Å²) < 4.78 is 27.4. The minimum atomic E-state index is -3.63. The van der Waals surface area contributed by atoms with Gasteiger partial charge in [0.15, 0.2) is 0 Å². The van der Waals surface area contributed by atoms with Gasteiger partial charge in [0.1, 0.15) is 0 Å². The van der Waals surface area contributed by atoms with Crippen LogP contribution in [0.5, 0.6) is 0 Å². The van der Waals surface area contributed by atoms with Crippen molar-refractivity contribution >= 4 is 34.0 Å². The second kappa shape index (κ2) is 8.39. The molecule has 6 nitrogen and oxygen atoms in total. The van der Waals surface area contributed by atoms with Gasteiger partial charge >= 0.3 is 0 Å². The molecular weight excluding hydrogens is 386 g/mol. The average molecular weight is 410 g/mol. The third kappa shape index (κ3) is 4.32. The van der Waals surface area contributed by atoms with Crippen molar-refractivity contribution in [1.82, 2.24) is 4.31 Å². The third-order valence-electron chi connectivity index (χ3n) is 4.89. The van der Waals surface area contributed by atoms with Crippen LogP contribution >= 0.6 is 12.4 Å². The van der Waals surface area contributed by atoms with Gasteiger partial charge in [0.2, 0.25) is 15.9 Å². The lowest BCUT2D eigenvalue weighted by atomic mass is 9.95. The van der Waals surface area contributed by atoms with Crippen molar-refractivity contribution in [2.24, 2.45) is 5.73 Å². The number of benzene rings is 2. The predicted octanol–water partition coefficient (Wildman–Crippen LogP) is 2.21. The fourth-order valence-corrected chi connectivity index (χ4v) is 4.72. The Bertz CT molecular complexity index is 888. The lowest BCUT2D eigenvalue weighted by Crippen LogP contribution is -2.32. The van der Waals surface area contributed by atoms with Crippen molar-refractivity contribution in [3.8, 4) is 0 Å². The van der Waals surface area contributed by atoms with Crippen LogP contribution in [0.3, 0.4) is 0 Å². The molecule has 0 unspecified atom stereocenters. The number of sulfonamides is 1. The lowest BCUT2D eigenvalue weighted by molar-refractivity contribution is -0.116. The van der Waals surface area contributed by atoms with E-state index in [0.29, 0.717) is 12.2 Å². The van der Waals surface area contributed by atoms with E-state index in [4.69, 9.17) is 5.73 Å². The molecule has 1 fully saturated rings.